The van der Waals surface area contributed by atoms with Gasteiger partial charge in [0.05, 0.1) is 32.3 Å². The van der Waals surface area contributed by atoms with Gasteiger partial charge in [0.25, 0.3) is 0 Å². The average molecular weight is 450 g/mol. The standard InChI is InChI=1S/C18H8Cl4N6/c19-9-1-3-11(14(21)5-9)16-25-18-12-7-24-28(17(12)23-8-27(18)26-16)10-2-4-13(20)15(22)6-10/h1-8H. The van der Waals surface area contributed by atoms with Crippen LogP contribution in [0.15, 0.2) is 48.9 Å². The summed E-state index contributed by atoms with van der Waals surface area (Å²) in [6, 6.07) is 10.4. The third kappa shape index (κ3) is 2.81. The summed E-state index contributed by atoms with van der Waals surface area (Å²) < 4.78 is 3.25. The van der Waals surface area contributed by atoms with E-state index in [1.165, 1.54) is 0 Å². The number of fused-ring (bicyclic) bond motifs is 3. The number of aromatic nitrogens is 6. The third-order valence-electron chi connectivity index (χ3n) is 4.23. The largest absolute Gasteiger partial charge is 0.216 e. The van der Waals surface area contributed by atoms with E-state index in [9.17, 15) is 0 Å². The van der Waals surface area contributed by atoms with Gasteiger partial charge in [0.1, 0.15) is 6.33 Å². The molecule has 28 heavy (non-hydrogen) atoms. The zero-order valence-electron chi connectivity index (χ0n) is 13.8. The Hall–Kier alpha value is -2.38. The van der Waals surface area contributed by atoms with E-state index in [1.807, 2.05) is 6.07 Å². The Balaban J connectivity index is 1.69. The van der Waals surface area contributed by atoms with Crippen LogP contribution in [0, 0.1) is 0 Å². The highest BCUT2D eigenvalue weighted by Crippen LogP contribution is 2.30. The Morgan fingerprint density at radius 1 is 0.821 bits per heavy atom. The van der Waals surface area contributed by atoms with E-state index >= 15 is 0 Å². The van der Waals surface area contributed by atoms with Crippen molar-refractivity contribution in [3.05, 3.63) is 69.0 Å². The minimum atomic E-state index is 0.436. The SMILES string of the molecule is Clc1ccc(-c2nc3c4cnn(-c5ccc(Cl)c(Cl)c5)c4ncn3n2)c(Cl)c1. The Bertz CT molecular complexity index is 1370. The van der Waals surface area contributed by atoms with Gasteiger partial charge in [-0.2, -0.15) is 5.10 Å². The van der Waals surface area contributed by atoms with Crippen LogP contribution < -0.4 is 0 Å². The van der Waals surface area contributed by atoms with E-state index in [4.69, 9.17) is 46.4 Å². The fraction of sp³-hybridized carbons (Fsp3) is 0. The van der Waals surface area contributed by atoms with Gasteiger partial charge >= 0.3 is 0 Å². The van der Waals surface area contributed by atoms with Gasteiger partial charge in [0, 0.05) is 10.6 Å². The van der Waals surface area contributed by atoms with Gasteiger partial charge in [-0.1, -0.05) is 46.4 Å². The minimum Gasteiger partial charge on any atom is -0.216 e. The van der Waals surface area contributed by atoms with E-state index in [0.717, 1.165) is 11.1 Å². The molecular formula is C18H8Cl4N6. The average Bonchev–Trinajstić information content (AvgIpc) is 3.27. The van der Waals surface area contributed by atoms with Gasteiger partial charge in [-0.05, 0) is 36.4 Å². The molecular weight excluding hydrogens is 442 g/mol. The summed E-state index contributed by atoms with van der Waals surface area (Å²) >= 11 is 24.4. The lowest BCUT2D eigenvalue weighted by Gasteiger charge is -2.04. The maximum atomic E-state index is 6.29. The van der Waals surface area contributed by atoms with E-state index in [2.05, 4.69) is 20.2 Å². The Labute approximate surface area is 178 Å². The number of hydrogen-bond acceptors (Lipinski definition) is 4. The predicted octanol–water partition coefficient (Wildman–Crippen LogP) is 5.74. The van der Waals surface area contributed by atoms with Crippen LogP contribution in [-0.2, 0) is 0 Å². The van der Waals surface area contributed by atoms with E-state index in [0.29, 0.717) is 42.8 Å². The second kappa shape index (κ2) is 6.60. The molecule has 0 saturated carbocycles. The number of rotatable bonds is 2. The van der Waals surface area contributed by atoms with E-state index in [1.54, 1.807) is 52.1 Å². The molecule has 138 valence electrons. The lowest BCUT2D eigenvalue weighted by Crippen LogP contribution is -1.99. The predicted molar refractivity (Wildman–Crippen MR) is 111 cm³/mol. The van der Waals surface area contributed by atoms with Crippen molar-refractivity contribution in [3.63, 3.8) is 0 Å². The van der Waals surface area contributed by atoms with Crippen LogP contribution in [0.25, 0.3) is 33.8 Å². The molecule has 0 N–H and O–H groups in total. The zero-order chi connectivity index (χ0) is 19.4. The normalized spacial score (nSPS) is 11.6. The van der Waals surface area contributed by atoms with Crippen molar-refractivity contribution in [1.82, 2.24) is 29.4 Å². The Morgan fingerprint density at radius 2 is 1.68 bits per heavy atom. The molecule has 0 bridgehead atoms. The molecule has 6 nitrogen and oxygen atoms in total. The molecule has 0 saturated heterocycles. The molecule has 3 heterocycles. The van der Waals surface area contributed by atoms with Gasteiger partial charge in [0.15, 0.2) is 17.1 Å². The van der Waals surface area contributed by atoms with Gasteiger partial charge in [-0.3, -0.25) is 0 Å². The first-order chi connectivity index (χ1) is 13.5. The first-order valence-electron chi connectivity index (χ1n) is 8.01. The first kappa shape index (κ1) is 17.7. The number of hydrogen-bond donors (Lipinski definition) is 0. The molecule has 2 aromatic carbocycles. The molecule has 0 fully saturated rings. The van der Waals surface area contributed by atoms with E-state index in [-0.39, 0.29) is 0 Å². The first-order valence-corrected chi connectivity index (χ1v) is 9.52. The Kier molecular flexibility index (Phi) is 4.17. The summed E-state index contributed by atoms with van der Waals surface area (Å²) in [7, 11) is 0. The molecule has 0 amide bonds. The molecule has 0 aliphatic heterocycles. The quantitative estimate of drug-likeness (QED) is 0.344. The van der Waals surface area contributed by atoms with Crippen molar-refractivity contribution in [1.29, 1.82) is 0 Å². The summed E-state index contributed by atoms with van der Waals surface area (Å²) in [6.45, 7) is 0. The van der Waals surface area contributed by atoms with Gasteiger partial charge in [-0.15, -0.1) is 5.10 Å². The lowest BCUT2D eigenvalue weighted by molar-refractivity contribution is 0.882. The summed E-state index contributed by atoms with van der Waals surface area (Å²) in [6.07, 6.45) is 3.26. The van der Waals surface area contributed by atoms with Crippen LogP contribution in [-0.4, -0.2) is 29.4 Å². The molecule has 10 heteroatoms. The summed E-state index contributed by atoms with van der Waals surface area (Å²) in [5.41, 5.74) is 2.64. The molecule has 5 rings (SSSR count). The molecule has 0 spiro atoms. The van der Waals surface area contributed by atoms with Crippen molar-refractivity contribution in [2.75, 3.05) is 0 Å². The van der Waals surface area contributed by atoms with E-state index < -0.39 is 0 Å². The van der Waals surface area contributed by atoms with Crippen LogP contribution >= 0.6 is 46.4 Å². The molecule has 0 aliphatic rings. The van der Waals surface area contributed by atoms with Gasteiger partial charge in [0.2, 0.25) is 0 Å². The highest BCUT2D eigenvalue weighted by molar-refractivity contribution is 6.42. The van der Waals surface area contributed by atoms with Crippen molar-refractivity contribution < 1.29 is 0 Å². The van der Waals surface area contributed by atoms with Crippen molar-refractivity contribution in [2.24, 2.45) is 0 Å². The molecule has 0 radical (unpaired) electrons. The highest BCUT2D eigenvalue weighted by Gasteiger charge is 2.16. The fourth-order valence-electron chi connectivity index (χ4n) is 2.91. The molecule has 0 aliphatic carbocycles. The summed E-state index contributed by atoms with van der Waals surface area (Å²) in [4.78, 5) is 9.10. The summed E-state index contributed by atoms with van der Waals surface area (Å²) in [5.74, 6) is 0.471. The second-order valence-electron chi connectivity index (χ2n) is 5.96. The van der Waals surface area contributed by atoms with Crippen LogP contribution in [0.5, 0.6) is 0 Å². The molecule has 3 aromatic heterocycles. The van der Waals surface area contributed by atoms with Crippen LogP contribution in [0.2, 0.25) is 20.1 Å². The van der Waals surface area contributed by atoms with Gasteiger partial charge < -0.3 is 0 Å². The second-order valence-corrected chi connectivity index (χ2v) is 7.62. The molecule has 0 unspecified atom stereocenters. The molecule has 0 atom stereocenters. The number of halogens is 4. The Morgan fingerprint density at radius 3 is 2.46 bits per heavy atom. The molecule has 5 aromatic rings. The van der Waals surface area contributed by atoms with Crippen molar-refractivity contribution >= 4 is 63.1 Å². The fourth-order valence-corrected chi connectivity index (χ4v) is 3.70. The third-order valence-corrected chi connectivity index (χ3v) is 5.51. The number of benzene rings is 2. The minimum absolute atomic E-state index is 0.436. The highest BCUT2D eigenvalue weighted by atomic mass is 35.5. The van der Waals surface area contributed by atoms with Gasteiger partial charge in [-0.25, -0.2) is 19.2 Å². The zero-order valence-corrected chi connectivity index (χ0v) is 16.8. The number of nitrogens with zero attached hydrogens (tertiary/aromatic N) is 6. The monoisotopic (exact) mass is 448 g/mol. The van der Waals surface area contributed by atoms with Crippen molar-refractivity contribution in [3.8, 4) is 17.1 Å². The maximum absolute atomic E-state index is 6.29. The lowest BCUT2D eigenvalue weighted by atomic mass is 10.2. The van der Waals surface area contributed by atoms with Crippen LogP contribution in [0.4, 0.5) is 0 Å². The maximum Gasteiger partial charge on any atom is 0.183 e. The van der Waals surface area contributed by atoms with Crippen LogP contribution in [0.3, 0.4) is 0 Å². The van der Waals surface area contributed by atoms with Crippen LogP contribution in [0.1, 0.15) is 0 Å². The van der Waals surface area contributed by atoms with Crippen molar-refractivity contribution in [2.45, 2.75) is 0 Å². The topological polar surface area (TPSA) is 60.9 Å². The smallest absolute Gasteiger partial charge is 0.183 e. The summed E-state index contributed by atoms with van der Waals surface area (Å²) in [5, 5.41) is 11.6.